The highest BCUT2D eigenvalue weighted by molar-refractivity contribution is 5.31. The SMILES string of the molecule is COc1cccc([C@@H]2C3CC[C@@H](O)C[C@H]3CCN2C)c1. The standard InChI is InChI=1S/C17H25NO2/c1-18-9-8-12-10-14(19)6-7-16(12)17(18)13-4-3-5-15(11-13)20-2/h3-5,11-12,14,16-17,19H,6-10H2,1-2H3/t12-,14-,16?,17-/m1/s1. The van der Waals surface area contributed by atoms with Gasteiger partial charge in [0.2, 0.25) is 0 Å². The van der Waals surface area contributed by atoms with E-state index >= 15 is 0 Å². The predicted octanol–water partition coefficient (Wildman–Crippen LogP) is 2.85. The van der Waals surface area contributed by atoms with Gasteiger partial charge < -0.3 is 9.84 Å². The number of fused-ring (bicyclic) bond motifs is 1. The van der Waals surface area contributed by atoms with Crippen LogP contribution in [0.5, 0.6) is 5.75 Å². The van der Waals surface area contributed by atoms with Crippen LogP contribution in [0.1, 0.15) is 37.3 Å². The molecule has 20 heavy (non-hydrogen) atoms. The number of aliphatic hydroxyl groups excluding tert-OH is 1. The van der Waals surface area contributed by atoms with Gasteiger partial charge in [0.1, 0.15) is 5.75 Å². The fraction of sp³-hybridized carbons (Fsp3) is 0.647. The maximum absolute atomic E-state index is 9.92. The molecule has 3 nitrogen and oxygen atoms in total. The second-order valence-corrected chi connectivity index (χ2v) is 6.38. The predicted molar refractivity (Wildman–Crippen MR) is 79.8 cm³/mol. The van der Waals surface area contributed by atoms with Crippen molar-refractivity contribution in [1.82, 2.24) is 4.90 Å². The van der Waals surface area contributed by atoms with Gasteiger partial charge in [0.05, 0.1) is 13.2 Å². The first-order valence-corrected chi connectivity index (χ1v) is 7.71. The fourth-order valence-electron chi connectivity index (χ4n) is 4.17. The Hall–Kier alpha value is -1.06. The molecule has 0 radical (unpaired) electrons. The molecule has 0 amide bonds. The van der Waals surface area contributed by atoms with E-state index in [0.29, 0.717) is 17.9 Å². The molecule has 1 aliphatic carbocycles. The summed E-state index contributed by atoms with van der Waals surface area (Å²) in [6.45, 7) is 1.12. The average molecular weight is 275 g/mol. The van der Waals surface area contributed by atoms with Crippen LogP contribution >= 0.6 is 0 Å². The van der Waals surface area contributed by atoms with Crippen molar-refractivity contribution in [3.05, 3.63) is 29.8 Å². The minimum Gasteiger partial charge on any atom is -0.497 e. The zero-order chi connectivity index (χ0) is 14.1. The lowest BCUT2D eigenvalue weighted by Gasteiger charge is -2.47. The molecule has 1 aromatic rings. The zero-order valence-corrected chi connectivity index (χ0v) is 12.5. The number of hydrogen-bond acceptors (Lipinski definition) is 3. The Balaban J connectivity index is 1.88. The van der Waals surface area contributed by atoms with Gasteiger partial charge in [-0.05, 0) is 68.8 Å². The summed E-state index contributed by atoms with van der Waals surface area (Å²) >= 11 is 0. The van der Waals surface area contributed by atoms with Crippen LogP contribution in [0, 0.1) is 11.8 Å². The highest BCUT2D eigenvalue weighted by Crippen LogP contribution is 2.46. The molecule has 110 valence electrons. The van der Waals surface area contributed by atoms with Gasteiger partial charge in [0, 0.05) is 6.04 Å². The van der Waals surface area contributed by atoms with Crippen LogP contribution < -0.4 is 4.74 Å². The minimum absolute atomic E-state index is 0.0781. The lowest BCUT2D eigenvalue weighted by atomic mass is 9.68. The van der Waals surface area contributed by atoms with Crippen molar-refractivity contribution in [2.24, 2.45) is 11.8 Å². The number of likely N-dealkylation sites (tertiary alicyclic amines) is 1. The van der Waals surface area contributed by atoms with Crippen LogP contribution in [0.15, 0.2) is 24.3 Å². The van der Waals surface area contributed by atoms with Crippen molar-refractivity contribution in [3.8, 4) is 5.75 Å². The van der Waals surface area contributed by atoms with Crippen molar-refractivity contribution in [1.29, 1.82) is 0 Å². The van der Waals surface area contributed by atoms with Crippen molar-refractivity contribution in [2.45, 2.75) is 37.8 Å². The number of aliphatic hydroxyl groups is 1. The fourth-order valence-corrected chi connectivity index (χ4v) is 4.17. The Bertz CT molecular complexity index is 462. The van der Waals surface area contributed by atoms with Gasteiger partial charge in [-0.25, -0.2) is 0 Å². The quantitative estimate of drug-likeness (QED) is 0.901. The van der Waals surface area contributed by atoms with Crippen molar-refractivity contribution in [2.75, 3.05) is 20.7 Å². The molecule has 1 N–H and O–H groups in total. The number of methoxy groups -OCH3 is 1. The molecule has 3 heteroatoms. The lowest BCUT2D eigenvalue weighted by molar-refractivity contribution is -0.00883. The van der Waals surface area contributed by atoms with Gasteiger partial charge in [0.15, 0.2) is 0 Å². The molecule has 1 heterocycles. The second kappa shape index (κ2) is 5.74. The molecule has 1 aromatic carbocycles. The molecular formula is C17H25NO2. The number of rotatable bonds is 2. The highest BCUT2D eigenvalue weighted by atomic mass is 16.5. The van der Waals surface area contributed by atoms with Gasteiger partial charge in [-0.2, -0.15) is 0 Å². The molecular weight excluding hydrogens is 250 g/mol. The van der Waals surface area contributed by atoms with Gasteiger partial charge in [-0.1, -0.05) is 12.1 Å². The highest BCUT2D eigenvalue weighted by Gasteiger charge is 2.40. The summed E-state index contributed by atoms with van der Waals surface area (Å²) in [7, 11) is 3.95. The smallest absolute Gasteiger partial charge is 0.119 e. The van der Waals surface area contributed by atoms with Gasteiger partial charge in [0.25, 0.3) is 0 Å². The third-order valence-electron chi connectivity index (χ3n) is 5.18. The Morgan fingerprint density at radius 1 is 1.25 bits per heavy atom. The minimum atomic E-state index is -0.0781. The maximum Gasteiger partial charge on any atom is 0.119 e. The van der Waals surface area contributed by atoms with Crippen LogP contribution in [0.4, 0.5) is 0 Å². The van der Waals surface area contributed by atoms with Crippen LogP contribution in [0.25, 0.3) is 0 Å². The summed E-state index contributed by atoms with van der Waals surface area (Å²) in [5.74, 6) is 2.28. The molecule has 0 aromatic heterocycles. The molecule has 0 spiro atoms. The number of benzene rings is 1. The number of ether oxygens (including phenoxy) is 1. The Morgan fingerprint density at radius 2 is 2.10 bits per heavy atom. The van der Waals surface area contributed by atoms with E-state index in [9.17, 15) is 5.11 Å². The Labute approximate surface area is 121 Å². The van der Waals surface area contributed by atoms with E-state index in [0.717, 1.165) is 31.6 Å². The summed E-state index contributed by atoms with van der Waals surface area (Å²) in [6.07, 6.45) is 4.22. The van der Waals surface area contributed by atoms with Crippen LogP contribution in [-0.4, -0.2) is 36.8 Å². The molecule has 3 rings (SSSR count). The van der Waals surface area contributed by atoms with Crippen molar-refractivity contribution >= 4 is 0 Å². The first kappa shape index (κ1) is 13.9. The third kappa shape index (κ3) is 2.57. The third-order valence-corrected chi connectivity index (χ3v) is 5.18. The summed E-state index contributed by atoms with van der Waals surface area (Å²) in [5, 5.41) is 9.92. The van der Waals surface area contributed by atoms with Crippen LogP contribution in [-0.2, 0) is 0 Å². The molecule has 1 saturated carbocycles. The molecule has 0 bridgehead atoms. The van der Waals surface area contributed by atoms with E-state index in [4.69, 9.17) is 4.74 Å². The molecule has 1 aliphatic heterocycles. The van der Waals surface area contributed by atoms with Crippen LogP contribution in [0.3, 0.4) is 0 Å². The molecule has 4 atom stereocenters. The summed E-state index contributed by atoms with van der Waals surface area (Å²) in [4.78, 5) is 2.48. The van der Waals surface area contributed by atoms with Crippen LogP contribution in [0.2, 0.25) is 0 Å². The summed E-state index contributed by atoms with van der Waals surface area (Å²) in [5.41, 5.74) is 1.36. The van der Waals surface area contributed by atoms with E-state index in [2.05, 4.69) is 30.1 Å². The topological polar surface area (TPSA) is 32.7 Å². The van der Waals surface area contributed by atoms with E-state index < -0.39 is 0 Å². The van der Waals surface area contributed by atoms with Crippen molar-refractivity contribution in [3.63, 3.8) is 0 Å². The average Bonchev–Trinajstić information content (AvgIpc) is 2.47. The molecule has 1 saturated heterocycles. The first-order chi connectivity index (χ1) is 9.69. The molecule has 1 unspecified atom stereocenters. The number of piperidine rings is 1. The van der Waals surface area contributed by atoms with Gasteiger partial charge in [-0.15, -0.1) is 0 Å². The van der Waals surface area contributed by atoms with E-state index in [1.165, 1.54) is 12.0 Å². The Kier molecular flexibility index (Phi) is 3.99. The molecule has 2 aliphatic rings. The maximum atomic E-state index is 9.92. The van der Waals surface area contributed by atoms with E-state index in [1.54, 1.807) is 7.11 Å². The number of hydrogen-bond donors (Lipinski definition) is 1. The Morgan fingerprint density at radius 3 is 2.90 bits per heavy atom. The number of nitrogens with zero attached hydrogens (tertiary/aromatic N) is 1. The monoisotopic (exact) mass is 275 g/mol. The summed E-state index contributed by atoms with van der Waals surface area (Å²) in [6, 6.07) is 8.96. The molecule has 2 fully saturated rings. The van der Waals surface area contributed by atoms with Gasteiger partial charge in [-0.3, -0.25) is 4.90 Å². The lowest BCUT2D eigenvalue weighted by Crippen LogP contribution is -2.44. The van der Waals surface area contributed by atoms with E-state index in [1.807, 2.05) is 6.07 Å². The summed E-state index contributed by atoms with van der Waals surface area (Å²) < 4.78 is 5.38. The zero-order valence-electron chi connectivity index (χ0n) is 12.5. The van der Waals surface area contributed by atoms with Crippen molar-refractivity contribution < 1.29 is 9.84 Å². The second-order valence-electron chi connectivity index (χ2n) is 6.38. The van der Waals surface area contributed by atoms with Gasteiger partial charge >= 0.3 is 0 Å². The largest absolute Gasteiger partial charge is 0.497 e. The normalized spacial score (nSPS) is 34.5. The first-order valence-electron chi connectivity index (χ1n) is 7.71. The van der Waals surface area contributed by atoms with E-state index in [-0.39, 0.29) is 6.10 Å².